The van der Waals surface area contributed by atoms with Gasteiger partial charge in [0.2, 0.25) is 5.91 Å². The van der Waals surface area contributed by atoms with Crippen LogP contribution in [0.25, 0.3) is 0 Å². The van der Waals surface area contributed by atoms with Gasteiger partial charge in [-0.05, 0) is 74.9 Å². The third-order valence-corrected chi connectivity index (χ3v) is 7.69. The number of hydrogen-bond donors (Lipinski definition) is 1. The van der Waals surface area contributed by atoms with Gasteiger partial charge in [0.15, 0.2) is 0 Å². The molecule has 2 aromatic rings. The van der Waals surface area contributed by atoms with Crippen LogP contribution in [0.2, 0.25) is 0 Å². The van der Waals surface area contributed by atoms with Gasteiger partial charge >= 0.3 is 0 Å². The average molecular weight is 487 g/mol. The van der Waals surface area contributed by atoms with Gasteiger partial charge in [0.1, 0.15) is 6.04 Å². The fourth-order valence-electron chi connectivity index (χ4n) is 5.16. The first kappa shape index (κ1) is 25.9. The fraction of sp³-hybridized carbons (Fsp3) is 0.500. The number of aryl methyl sites for hydroxylation is 1. The molecule has 2 amide bonds. The monoisotopic (exact) mass is 486 g/mol. The third kappa shape index (κ3) is 6.95. The number of carbonyl (C=O) groups excluding carboxylic acids is 2. The van der Waals surface area contributed by atoms with Crippen molar-refractivity contribution in [2.45, 2.75) is 57.4 Å². The summed E-state index contributed by atoms with van der Waals surface area (Å²) in [5, 5.41) is 12.0. The summed E-state index contributed by atoms with van der Waals surface area (Å²) in [7, 11) is 2.06. The van der Waals surface area contributed by atoms with Gasteiger partial charge in [0, 0.05) is 31.7 Å². The molecule has 190 valence electrons. The van der Waals surface area contributed by atoms with E-state index in [9.17, 15) is 9.59 Å². The standard InChI is InChI=1S/C30H38N4O2/c1-22-8-12-24(13-9-22)27-20-26(27)6-4-3-5-7-28(30(36)34-18-16-33(2)17-19-34)32-29(35)25-14-10-23(21-31)11-15-25/h8-15,26-28H,3-7,16-20H2,1-2H3,(H,32,35)/t26-,27+,28+/m1/s1. The predicted molar refractivity (Wildman–Crippen MR) is 142 cm³/mol. The molecule has 4 rings (SSSR count). The van der Waals surface area contributed by atoms with Gasteiger partial charge in [-0.3, -0.25) is 9.59 Å². The molecule has 3 atom stereocenters. The second-order valence-corrected chi connectivity index (χ2v) is 10.5. The van der Waals surface area contributed by atoms with E-state index in [4.69, 9.17) is 5.26 Å². The van der Waals surface area contributed by atoms with E-state index < -0.39 is 6.04 Å². The molecule has 0 unspecified atom stereocenters. The number of piperazine rings is 1. The molecular formula is C30H38N4O2. The number of hydrogen-bond acceptors (Lipinski definition) is 4. The van der Waals surface area contributed by atoms with Gasteiger partial charge in [-0.1, -0.05) is 49.1 Å². The number of nitrogens with zero attached hydrogens (tertiary/aromatic N) is 3. The van der Waals surface area contributed by atoms with Gasteiger partial charge in [-0.15, -0.1) is 0 Å². The Morgan fingerprint density at radius 2 is 1.69 bits per heavy atom. The second-order valence-electron chi connectivity index (χ2n) is 10.5. The van der Waals surface area contributed by atoms with Crippen molar-refractivity contribution < 1.29 is 9.59 Å². The van der Waals surface area contributed by atoms with Crippen LogP contribution in [0.4, 0.5) is 0 Å². The van der Waals surface area contributed by atoms with Crippen molar-refractivity contribution in [2.75, 3.05) is 33.2 Å². The maximum Gasteiger partial charge on any atom is 0.251 e. The van der Waals surface area contributed by atoms with Gasteiger partial charge < -0.3 is 15.1 Å². The number of nitrogens with one attached hydrogen (secondary N) is 1. The first-order valence-electron chi connectivity index (χ1n) is 13.3. The molecule has 0 bridgehead atoms. The highest BCUT2D eigenvalue weighted by Gasteiger charge is 2.37. The van der Waals surface area contributed by atoms with Crippen LogP contribution in [0.1, 0.15) is 71.5 Å². The number of unbranched alkanes of at least 4 members (excludes halogenated alkanes) is 2. The summed E-state index contributed by atoms with van der Waals surface area (Å²) in [6.07, 6.45) is 6.31. The smallest absolute Gasteiger partial charge is 0.251 e. The maximum absolute atomic E-state index is 13.3. The Hall–Kier alpha value is -3.17. The van der Waals surface area contributed by atoms with Crippen molar-refractivity contribution in [1.29, 1.82) is 5.26 Å². The summed E-state index contributed by atoms with van der Waals surface area (Å²) in [5.74, 6) is 1.26. The van der Waals surface area contributed by atoms with E-state index in [0.717, 1.165) is 38.3 Å². The number of nitriles is 1. The van der Waals surface area contributed by atoms with Crippen LogP contribution in [-0.2, 0) is 4.79 Å². The molecule has 6 heteroatoms. The van der Waals surface area contributed by atoms with Crippen molar-refractivity contribution in [3.05, 3.63) is 70.8 Å². The summed E-state index contributed by atoms with van der Waals surface area (Å²) in [6, 6.07) is 17.1. The summed E-state index contributed by atoms with van der Waals surface area (Å²) < 4.78 is 0. The molecule has 6 nitrogen and oxygen atoms in total. The van der Waals surface area contributed by atoms with Crippen LogP contribution >= 0.6 is 0 Å². The van der Waals surface area contributed by atoms with E-state index in [2.05, 4.69) is 54.5 Å². The van der Waals surface area contributed by atoms with Crippen molar-refractivity contribution in [3.63, 3.8) is 0 Å². The van der Waals surface area contributed by atoms with E-state index in [1.54, 1.807) is 24.3 Å². The Balaban J connectivity index is 1.27. The van der Waals surface area contributed by atoms with Crippen LogP contribution in [0.3, 0.4) is 0 Å². The SMILES string of the molecule is Cc1ccc([C@@H]2C[C@H]2CCCCC[C@H](NC(=O)c2ccc(C#N)cc2)C(=O)N2CCN(C)CC2)cc1. The lowest BCUT2D eigenvalue weighted by molar-refractivity contribution is -0.135. The molecule has 1 saturated carbocycles. The van der Waals surface area contributed by atoms with E-state index in [-0.39, 0.29) is 11.8 Å². The van der Waals surface area contributed by atoms with E-state index in [1.165, 1.54) is 24.0 Å². The predicted octanol–water partition coefficient (Wildman–Crippen LogP) is 4.49. The number of likely N-dealkylation sites (N-methyl/N-ethyl adjacent to an activating group) is 1. The van der Waals surface area contributed by atoms with Crippen LogP contribution < -0.4 is 5.32 Å². The molecule has 0 spiro atoms. The Kier molecular flexibility index (Phi) is 8.77. The maximum atomic E-state index is 13.3. The van der Waals surface area contributed by atoms with E-state index in [1.807, 2.05) is 4.90 Å². The van der Waals surface area contributed by atoms with E-state index >= 15 is 0 Å². The third-order valence-electron chi connectivity index (χ3n) is 7.69. The summed E-state index contributed by atoms with van der Waals surface area (Å²) in [4.78, 5) is 30.3. The number of benzene rings is 2. The lowest BCUT2D eigenvalue weighted by Crippen LogP contribution is -2.54. The van der Waals surface area contributed by atoms with Crippen LogP contribution in [0, 0.1) is 24.2 Å². The normalized spacial score (nSPS) is 20.4. The number of carbonyl (C=O) groups is 2. The quantitative estimate of drug-likeness (QED) is 0.502. The highest BCUT2D eigenvalue weighted by Crippen LogP contribution is 2.50. The molecule has 1 heterocycles. The molecule has 0 radical (unpaired) electrons. The van der Waals surface area contributed by atoms with Gasteiger partial charge in [-0.2, -0.15) is 5.26 Å². The van der Waals surface area contributed by atoms with E-state index in [0.29, 0.717) is 36.6 Å². The molecular weight excluding hydrogens is 448 g/mol. The van der Waals surface area contributed by atoms with Crippen molar-refractivity contribution >= 4 is 11.8 Å². The minimum Gasteiger partial charge on any atom is -0.340 e. The Labute approximate surface area is 215 Å². The second kappa shape index (κ2) is 12.2. The number of rotatable bonds is 10. The van der Waals surface area contributed by atoms with Gasteiger partial charge in [0.05, 0.1) is 11.6 Å². The highest BCUT2D eigenvalue weighted by atomic mass is 16.2. The van der Waals surface area contributed by atoms with Crippen molar-refractivity contribution in [2.24, 2.45) is 5.92 Å². The van der Waals surface area contributed by atoms with Crippen molar-refractivity contribution in [3.8, 4) is 6.07 Å². The Morgan fingerprint density at radius 1 is 1.00 bits per heavy atom. The molecule has 1 saturated heterocycles. The molecule has 0 aromatic heterocycles. The van der Waals surface area contributed by atoms with Crippen molar-refractivity contribution in [1.82, 2.24) is 15.1 Å². The molecule has 2 aliphatic rings. The molecule has 1 aliphatic carbocycles. The van der Waals surface area contributed by atoms with Crippen LogP contribution in [-0.4, -0.2) is 60.9 Å². The Morgan fingerprint density at radius 3 is 2.36 bits per heavy atom. The Bertz CT molecular complexity index is 1070. The van der Waals surface area contributed by atoms with Gasteiger partial charge in [-0.25, -0.2) is 0 Å². The lowest BCUT2D eigenvalue weighted by atomic mass is 10.0. The minimum atomic E-state index is -0.516. The van der Waals surface area contributed by atoms with Crippen LogP contribution in [0.5, 0.6) is 0 Å². The van der Waals surface area contributed by atoms with Crippen LogP contribution in [0.15, 0.2) is 48.5 Å². The van der Waals surface area contributed by atoms with Gasteiger partial charge in [0.25, 0.3) is 5.91 Å². The zero-order valence-corrected chi connectivity index (χ0v) is 21.6. The minimum absolute atomic E-state index is 0.0201. The molecule has 36 heavy (non-hydrogen) atoms. The molecule has 2 aromatic carbocycles. The summed E-state index contributed by atoms with van der Waals surface area (Å²) in [6.45, 7) is 5.22. The summed E-state index contributed by atoms with van der Waals surface area (Å²) in [5.41, 5.74) is 3.76. The number of amides is 2. The first-order chi connectivity index (χ1) is 17.4. The molecule has 1 aliphatic heterocycles. The fourth-order valence-corrected chi connectivity index (χ4v) is 5.16. The molecule has 1 N–H and O–H groups in total. The largest absolute Gasteiger partial charge is 0.340 e. The zero-order valence-electron chi connectivity index (χ0n) is 21.6. The first-order valence-corrected chi connectivity index (χ1v) is 13.3. The highest BCUT2D eigenvalue weighted by molar-refractivity contribution is 5.97. The lowest BCUT2D eigenvalue weighted by Gasteiger charge is -2.34. The summed E-state index contributed by atoms with van der Waals surface area (Å²) >= 11 is 0. The molecule has 2 fully saturated rings. The topological polar surface area (TPSA) is 76.4 Å². The zero-order chi connectivity index (χ0) is 25.5. The average Bonchev–Trinajstić information content (AvgIpc) is 3.67.